The van der Waals surface area contributed by atoms with Gasteiger partial charge in [-0.1, -0.05) is 200 Å². The Balaban J connectivity index is 1.11. The first kappa shape index (κ1) is 33.5. The van der Waals surface area contributed by atoms with E-state index in [1.54, 1.807) is 0 Å². The van der Waals surface area contributed by atoms with Crippen LogP contribution >= 0.6 is 7.92 Å². The molecule has 0 heterocycles. The Kier molecular flexibility index (Phi) is 7.82. The van der Waals surface area contributed by atoms with Crippen LogP contribution in [0.25, 0.3) is 66.8 Å². The van der Waals surface area contributed by atoms with Crippen molar-refractivity contribution < 1.29 is 0 Å². The van der Waals surface area contributed by atoms with Gasteiger partial charge >= 0.3 is 0 Å². The maximum atomic E-state index is 2.44. The second-order valence-corrected chi connectivity index (χ2v) is 18.0. The summed E-state index contributed by atoms with van der Waals surface area (Å²) in [5, 5.41) is 4.19. The summed E-state index contributed by atoms with van der Waals surface area (Å²) >= 11 is 0. The van der Waals surface area contributed by atoms with Crippen molar-refractivity contribution in [2.45, 2.75) is 19.3 Å². The summed E-state index contributed by atoms with van der Waals surface area (Å²) in [6.07, 6.45) is 2.86. The summed E-state index contributed by atoms with van der Waals surface area (Å²) < 4.78 is 0. The van der Waals surface area contributed by atoms with Crippen LogP contribution < -0.4 is 15.9 Å². The predicted molar refractivity (Wildman–Crippen MR) is 246 cm³/mol. The van der Waals surface area contributed by atoms with E-state index in [-0.39, 0.29) is 0 Å². The van der Waals surface area contributed by atoms with Gasteiger partial charge in [0.1, 0.15) is 0 Å². The lowest BCUT2D eigenvalue weighted by molar-refractivity contribution is 1.26. The van der Waals surface area contributed by atoms with Crippen molar-refractivity contribution in [2.24, 2.45) is 0 Å². The highest BCUT2D eigenvalue weighted by Crippen LogP contribution is 2.49. The van der Waals surface area contributed by atoms with Crippen LogP contribution in [0.3, 0.4) is 0 Å². The Morgan fingerprint density at radius 2 is 0.431 bits per heavy atom. The summed E-state index contributed by atoms with van der Waals surface area (Å²) in [5.41, 5.74) is 24.8. The summed E-state index contributed by atoms with van der Waals surface area (Å²) in [7, 11) is -1.07. The molecular weight excluding hydrogens is 716 g/mol. The van der Waals surface area contributed by atoms with E-state index >= 15 is 0 Å². The van der Waals surface area contributed by atoms with Crippen molar-refractivity contribution >= 4 is 23.8 Å². The zero-order valence-electron chi connectivity index (χ0n) is 32.1. The van der Waals surface area contributed by atoms with Gasteiger partial charge in [-0.15, -0.1) is 0 Å². The van der Waals surface area contributed by atoms with E-state index in [9.17, 15) is 0 Å². The van der Waals surface area contributed by atoms with Crippen molar-refractivity contribution in [2.75, 3.05) is 0 Å². The lowest BCUT2D eigenvalue weighted by atomic mass is 9.95. The fourth-order valence-electron chi connectivity index (χ4n) is 10.3. The first-order valence-electron chi connectivity index (χ1n) is 20.5. The third-order valence-electron chi connectivity index (χ3n) is 12.9. The van der Waals surface area contributed by atoms with Gasteiger partial charge in [-0.05, 0) is 143 Å². The van der Waals surface area contributed by atoms with Crippen LogP contribution in [0.5, 0.6) is 0 Å². The van der Waals surface area contributed by atoms with E-state index in [0.29, 0.717) is 0 Å². The first-order chi connectivity index (χ1) is 28.8. The molecular formula is C57H39P. The van der Waals surface area contributed by atoms with Crippen molar-refractivity contribution in [3.63, 3.8) is 0 Å². The highest BCUT2D eigenvalue weighted by molar-refractivity contribution is 7.80. The van der Waals surface area contributed by atoms with Gasteiger partial charge in [0.15, 0.2) is 0 Å². The molecule has 0 saturated carbocycles. The minimum absolute atomic E-state index is 0.953. The summed E-state index contributed by atoms with van der Waals surface area (Å²) in [6.45, 7) is 0. The molecule has 3 aliphatic rings. The van der Waals surface area contributed by atoms with Crippen LogP contribution in [0.15, 0.2) is 200 Å². The molecule has 0 fully saturated rings. The Hall–Kier alpha value is -6.59. The highest BCUT2D eigenvalue weighted by atomic mass is 31.1. The fraction of sp³-hybridized carbons (Fsp3) is 0.0526. The zero-order valence-corrected chi connectivity index (χ0v) is 33.0. The van der Waals surface area contributed by atoms with Gasteiger partial charge in [0.05, 0.1) is 0 Å². The molecule has 0 atom stereocenters. The normalized spacial score (nSPS) is 12.8. The van der Waals surface area contributed by atoms with E-state index < -0.39 is 7.92 Å². The number of rotatable bonds is 6. The molecule has 272 valence electrons. The SMILES string of the molecule is c1ccc2c(c1)Cc1c-2cccc1-c1ccccc1P(c1ccccc1-c1cccc2c1Cc1ccccc1-2)c1ccccc1-c1cccc2c1Cc1ccccc1-2. The second-order valence-electron chi connectivity index (χ2n) is 15.9. The molecule has 0 bridgehead atoms. The molecule has 0 aliphatic heterocycles. The van der Waals surface area contributed by atoms with E-state index in [1.165, 1.54) is 116 Å². The Morgan fingerprint density at radius 1 is 0.207 bits per heavy atom. The lowest BCUT2D eigenvalue weighted by Gasteiger charge is -2.28. The van der Waals surface area contributed by atoms with E-state index in [1.807, 2.05) is 0 Å². The summed E-state index contributed by atoms with van der Waals surface area (Å²) in [6, 6.07) is 75.8. The van der Waals surface area contributed by atoms with Crippen LogP contribution in [0.2, 0.25) is 0 Å². The third kappa shape index (κ3) is 5.19. The average Bonchev–Trinajstić information content (AvgIpc) is 3.99. The second kappa shape index (κ2) is 13.5. The number of hydrogen-bond donors (Lipinski definition) is 0. The Bertz CT molecular complexity index is 2780. The summed E-state index contributed by atoms with van der Waals surface area (Å²) in [4.78, 5) is 0. The van der Waals surface area contributed by atoms with Gasteiger partial charge in [-0.3, -0.25) is 0 Å². The van der Waals surface area contributed by atoms with Gasteiger partial charge < -0.3 is 0 Å². The maximum absolute atomic E-state index is 2.44. The monoisotopic (exact) mass is 754 g/mol. The minimum Gasteiger partial charge on any atom is -0.0619 e. The van der Waals surface area contributed by atoms with Crippen molar-refractivity contribution in [3.8, 4) is 66.8 Å². The van der Waals surface area contributed by atoms with Crippen LogP contribution in [-0.2, 0) is 19.3 Å². The number of hydrogen-bond acceptors (Lipinski definition) is 0. The smallest absolute Gasteiger partial charge is 0.000728 e. The van der Waals surface area contributed by atoms with Crippen LogP contribution in [0.4, 0.5) is 0 Å². The number of benzene rings is 9. The van der Waals surface area contributed by atoms with Crippen molar-refractivity contribution in [1.82, 2.24) is 0 Å². The van der Waals surface area contributed by atoms with Crippen LogP contribution in [0, 0.1) is 0 Å². The fourth-order valence-corrected chi connectivity index (χ4v) is 13.1. The molecule has 1 heteroatoms. The van der Waals surface area contributed by atoms with Gasteiger partial charge in [0, 0.05) is 0 Å². The van der Waals surface area contributed by atoms with Gasteiger partial charge in [-0.2, -0.15) is 0 Å². The topological polar surface area (TPSA) is 0 Å². The quantitative estimate of drug-likeness (QED) is 0.148. The lowest BCUT2D eigenvalue weighted by Crippen LogP contribution is -2.25. The van der Waals surface area contributed by atoms with Crippen molar-refractivity contribution in [3.05, 3.63) is 234 Å². The van der Waals surface area contributed by atoms with Gasteiger partial charge in [0.2, 0.25) is 0 Å². The molecule has 0 amide bonds. The van der Waals surface area contributed by atoms with Gasteiger partial charge in [-0.25, -0.2) is 0 Å². The molecule has 0 nitrogen and oxygen atoms in total. The van der Waals surface area contributed by atoms with Gasteiger partial charge in [0.25, 0.3) is 0 Å². The molecule has 0 spiro atoms. The Morgan fingerprint density at radius 3 is 0.741 bits per heavy atom. The molecule has 0 aromatic heterocycles. The molecule has 0 N–H and O–H groups in total. The van der Waals surface area contributed by atoms with Crippen LogP contribution in [-0.4, -0.2) is 0 Å². The average molecular weight is 755 g/mol. The molecule has 58 heavy (non-hydrogen) atoms. The zero-order chi connectivity index (χ0) is 38.2. The molecule has 12 rings (SSSR count). The molecule has 3 aliphatic carbocycles. The molecule has 0 radical (unpaired) electrons. The Labute approximate surface area is 341 Å². The molecule has 9 aromatic carbocycles. The van der Waals surface area contributed by atoms with Crippen LogP contribution in [0.1, 0.15) is 33.4 Å². The standard InChI is InChI=1S/C57H39P/c1-4-19-40-37(16-1)34-52-43(40)25-13-28-46(52)49-22-7-10-31-55(49)58(56-32-11-8-23-50(56)47-29-14-26-44-41-20-5-2-17-38(41)35-53(44)47)57-33-12-9-24-51(57)48-30-15-27-45-42-21-6-3-18-39(42)36-54(45)48/h1-33H,34-36H2. The highest BCUT2D eigenvalue weighted by Gasteiger charge is 2.31. The molecule has 9 aromatic rings. The van der Waals surface area contributed by atoms with Crippen molar-refractivity contribution in [1.29, 1.82) is 0 Å². The van der Waals surface area contributed by atoms with E-state index in [2.05, 4.69) is 200 Å². The third-order valence-corrected chi connectivity index (χ3v) is 15.5. The maximum Gasteiger partial charge on any atom is -0.000728 e. The van der Waals surface area contributed by atoms with E-state index in [4.69, 9.17) is 0 Å². The molecule has 0 unspecified atom stereocenters. The summed E-state index contributed by atoms with van der Waals surface area (Å²) in [5.74, 6) is 0. The predicted octanol–water partition coefficient (Wildman–Crippen LogP) is 13.2. The largest absolute Gasteiger partial charge is 0.0619 e. The number of fused-ring (bicyclic) bond motifs is 9. The first-order valence-corrected chi connectivity index (χ1v) is 21.8. The van der Waals surface area contributed by atoms with E-state index in [0.717, 1.165) is 19.3 Å². The molecule has 0 saturated heterocycles. The minimum atomic E-state index is -1.07.